The summed E-state index contributed by atoms with van der Waals surface area (Å²) in [6, 6.07) is 0. The van der Waals surface area contributed by atoms with Crippen molar-refractivity contribution >= 4 is 5.97 Å². The maximum absolute atomic E-state index is 10.7. The monoisotopic (exact) mass is 172 g/mol. The fraction of sp³-hybridized carbons (Fsp3) is 0.667. The number of carbonyl (C=O) groups is 1. The molecule has 0 bridgehead atoms. The molecule has 0 aliphatic heterocycles. The van der Waals surface area contributed by atoms with Crippen molar-refractivity contribution in [2.45, 2.75) is 32.8 Å². The minimum atomic E-state index is -1.02. The van der Waals surface area contributed by atoms with Crippen molar-refractivity contribution in [1.82, 2.24) is 0 Å². The van der Waals surface area contributed by atoms with E-state index in [0.29, 0.717) is 0 Å². The molecule has 3 heteroatoms. The summed E-state index contributed by atoms with van der Waals surface area (Å²) in [5.74, 6) is -0.573. The molecule has 1 unspecified atom stereocenters. The number of aliphatic hydroxyl groups is 1. The Morgan fingerprint density at radius 2 is 2.25 bits per heavy atom. The first-order chi connectivity index (χ1) is 5.68. The van der Waals surface area contributed by atoms with Crippen LogP contribution in [0.25, 0.3) is 0 Å². The van der Waals surface area contributed by atoms with Crippen molar-refractivity contribution < 1.29 is 14.6 Å². The molecule has 0 spiro atoms. The summed E-state index contributed by atoms with van der Waals surface area (Å²) >= 11 is 0. The van der Waals surface area contributed by atoms with E-state index in [1.165, 1.54) is 6.92 Å². The Kier molecular flexibility index (Phi) is 6.38. The van der Waals surface area contributed by atoms with Crippen molar-refractivity contribution in [3.63, 3.8) is 0 Å². The molecule has 0 aliphatic rings. The van der Waals surface area contributed by atoms with Gasteiger partial charge in [-0.3, -0.25) is 0 Å². The van der Waals surface area contributed by atoms with E-state index in [2.05, 4.69) is 11.7 Å². The highest BCUT2D eigenvalue weighted by Crippen LogP contribution is 1.90. The molecule has 0 saturated carbocycles. The quantitative estimate of drug-likeness (QED) is 0.501. The lowest BCUT2D eigenvalue weighted by atomic mass is 10.3. The van der Waals surface area contributed by atoms with Gasteiger partial charge in [-0.15, -0.1) is 0 Å². The van der Waals surface area contributed by atoms with E-state index in [-0.39, 0.29) is 6.61 Å². The largest absolute Gasteiger partial charge is 0.460 e. The highest BCUT2D eigenvalue weighted by molar-refractivity contribution is 5.73. The highest BCUT2D eigenvalue weighted by atomic mass is 16.5. The van der Waals surface area contributed by atoms with E-state index >= 15 is 0 Å². The van der Waals surface area contributed by atoms with Crippen LogP contribution in [0.3, 0.4) is 0 Å². The molecule has 0 amide bonds. The molecule has 0 rings (SSSR count). The molecule has 0 aliphatic carbocycles. The fourth-order valence-electron chi connectivity index (χ4n) is 0.603. The number of unbranched alkanes of at least 4 members (excludes halogenated alkanes) is 1. The van der Waals surface area contributed by atoms with Gasteiger partial charge in [0.2, 0.25) is 0 Å². The van der Waals surface area contributed by atoms with Gasteiger partial charge in [-0.25, -0.2) is 4.79 Å². The molecular weight excluding hydrogens is 156 g/mol. The van der Waals surface area contributed by atoms with Crippen LogP contribution in [-0.2, 0) is 9.53 Å². The molecular formula is C9H16O3. The van der Waals surface area contributed by atoms with Crippen LogP contribution in [-0.4, -0.2) is 23.8 Å². The van der Waals surface area contributed by atoms with Gasteiger partial charge >= 0.3 is 5.97 Å². The smallest absolute Gasteiger partial charge is 0.334 e. The number of hydrogen-bond donors (Lipinski definition) is 1. The normalized spacial score (nSPS) is 13.2. The second-order valence-corrected chi connectivity index (χ2v) is 2.57. The second-order valence-electron chi connectivity index (χ2n) is 2.57. The van der Waals surface area contributed by atoms with Crippen molar-refractivity contribution in [3.8, 4) is 0 Å². The number of rotatable bonds is 5. The van der Waals surface area contributed by atoms with Gasteiger partial charge in [0.25, 0.3) is 0 Å². The number of allylic oxidation sites excluding steroid dienone is 1. The lowest BCUT2D eigenvalue weighted by molar-refractivity contribution is -0.151. The van der Waals surface area contributed by atoms with E-state index < -0.39 is 12.1 Å². The predicted octanol–water partition coefficient (Wildman–Crippen LogP) is 1.27. The summed E-state index contributed by atoms with van der Waals surface area (Å²) in [5, 5.41) is 8.72. The van der Waals surface area contributed by atoms with Gasteiger partial charge in [-0.1, -0.05) is 25.5 Å². The van der Waals surface area contributed by atoms with Crippen molar-refractivity contribution in [2.75, 3.05) is 6.61 Å². The number of aliphatic hydroxyl groups excluding tert-OH is 1. The van der Waals surface area contributed by atoms with Crippen LogP contribution >= 0.6 is 0 Å². The second kappa shape index (κ2) is 6.85. The van der Waals surface area contributed by atoms with Crippen molar-refractivity contribution in [1.29, 1.82) is 0 Å². The number of esters is 1. The molecule has 0 aromatic rings. The first kappa shape index (κ1) is 11.2. The van der Waals surface area contributed by atoms with Gasteiger partial charge in [0.05, 0.1) is 0 Å². The third kappa shape index (κ3) is 5.92. The minimum absolute atomic E-state index is 0.254. The Morgan fingerprint density at radius 3 is 2.75 bits per heavy atom. The van der Waals surface area contributed by atoms with Crippen LogP contribution in [0.1, 0.15) is 26.7 Å². The van der Waals surface area contributed by atoms with Crippen LogP contribution in [0.5, 0.6) is 0 Å². The summed E-state index contributed by atoms with van der Waals surface area (Å²) in [6.45, 7) is 3.72. The van der Waals surface area contributed by atoms with Gasteiger partial charge in [0, 0.05) is 0 Å². The Balaban J connectivity index is 3.37. The fourth-order valence-corrected chi connectivity index (χ4v) is 0.603. The van der Waals surface area contributed by atoms with E-state index in [0.717, 1.165) is 12.8 Å². The van der Waals surface area contributed by atoms with Crippen LogP contribution in [0, 0.1) is 0 Å². The first-order valence-corrected chi connectivity index (χ1v) is 4.18. The summed E-state index contributed by atoms with van der Waals surface area (Å²) in [4.78, 5) is 10.7. The van der Waals surface area contributed by atoms with E-state index in [1.807, 2.05) is 6.08 Å². The minimum Gasteiger partial charge on any atom is -0.460 e. The molecule has 0 saturated heterocycles. The molecule has 1 N–H and O–H groups in total. The summed E-state index contributed by atoms with van der Waals surface area (Å²) < 4.78 is 4.67. The molecule has 3 nitrogen and oxygen atoms in total. The van der Waals surface area contributed by atoms with Crippen molar-refractivity contribution in [2.24, 2.45) is 0 Å². The summed E-state index contributed by atoms with van der Waals surface area (Å²) in [6.07, 6.45) is 4.79. The number of ether oxygens (including phenoxy) is 1. The number of carbonyl (C=O) groups excluding carboxylic acids is 1. The SMILES string of the molecule is CCC/C=C/COC(=O)C(C)O. The maximum Gasteiger partial charge on any atom is 0.334 e. The average molecular weight is 172 g/mol. The van der Waals surface area contributed by atoms with Crippen LogP contribution < -0.4 is 0 Å². The van der Waals surface area contributed by atoms with Crippen molar-refractivity contribution in [3.05, 3.63) is 12.2 Å². The zero-order valence-corrected chi connectivity index (χ0v) is 7.62. The van der Waals surface area contributed by atoms with E-state index in [1.54, 1.807) is 6.08 Å². The molecule has 70 valence electrons. The third-order valence-corrected chi connectivity index (χ3v) is 1.28. The lowest BCUT2D eigenvalue weighted by Crippen LogP contribution is -2.19. The van der Waals surface area contributed by atoms with Crippen LogP contribution in [0.4, 0.5) is 0 Å². The van der Waals surface area contributed by atoms with Gasteiger partial charge in [-0.05, 0) is 13.3 Å². The molecule has 0 aromatic heterocycles. The zero-order chi connectivity index (χ0) is 9.40. The molecule has 1 atom stereocenters. The van der Waals surface area contributed by atoms with Gasteiger partial charge in [0.1, 0.15) is 12.7 Å². The standard InChI is InChI=1S/C9H16O3/c1-3-4-5-6-7-12-9(11)8(2)10/h5-6,8,10H,3-4,7H2,1-2H3/b6-5+. The zero-order valence-electron chi connectivity index (χ0n) is 7.62. The lowest BCUT2D eigenvalue weighted by Gasteiger charge is -2.02. The molecule has 0 fully saturated rings. The molecule has 12 heavy (non-hydrogen) atoms. The maximum atomic E-state index is 10.7. The molecule has 0 radical (unpaired) electrons. The average Bonchev–Trinajstić information content (AvgIpc) is 2.03. The molecule has 0 heterocycles. The molecule has 0 aromatic carbocycles. The highest BCUT2D eigenvalue weighted by Gasteiger charge is 2.07. The van der Waals surface area contributed by atoms with Gasteiger partial charge in [-0.2, -0.15) is 0 Å². The van der Waals surface area contributed by atoms with Crippen LogP contribution in [0.2, 0.25) is 0 Å². The van der Waals surface area contributed by atoms with Crippen LogP contribution in [0.15, 0.2) is 12.2 Å². The number of hydrogen-bond acceptors (Lipinski definition) is 3. The topological polar surface area (TPSA) is 46.5 Å². The van der Waals surface area contributed by atoms with E-state index in [4.69, 9.17) is 5.11 Å². The van der Waals surface area contributed by atoms with Gasteiger partial charge in [0.15, 0.2) is 0 Å². The van der Waals surface area contributed by atoms with E-state index in [9.17, 15) is 4.79 Å². The predicted molar refractivity (Wildman–Crippen MR) is 46.7 cm³/mol. The Hall–Kier alpha value is -0.830. The Morgan fingerprint density at radius 1 is 1.58 bits per heavy atom. The third-order valence-electron chi connectivity index (χ3n) is 1.28. The van der Waals surface area contributed by atoms with Gasteiger partial charge < -0.3 is 9.84 Å². The Bertz CT molecular complexity index is 150. The Labute approximate surface area is 73.0 Å². The first-order valence-electron chi connectivity index (χ1n) is 4.18. The summed E-state index contributed by atoms with van der Waals surface area (Å²) in [5.41, 5.74) is 0. The summed E-state index contributed by atoms with van der Waals surface area (Å²) in [7, 11) is 0.